The molecule has 1 aromatic heterocycles. The first-order valence-corrected chi connectivity index (χ1v) is 7.01. The number of benzene rings is 1. The molecule has 0 aliphatic carbocycles. The lowest BCUT2D eigenvalue weighted by molar-refractivity contribution is 0.0978. The molecule has 0 amide bonds. The summed E-state index contributed by atoms with van der Waals surface area (Å²) in [5.74, 6) is -0.954. The van der Waals surface area contributed by atoms with E-state index in [-0.39, 0.29) is 5.78 Å². The van der Waals surface area contributed by atoms with Gasteiger partial charge in [0.15, 0.2) is 5.78 Å². The van der Waals surface area contributed by atoms with Crippen molar-refractivity contribution in [2.45, 2.75) is 33.1 Å². The second-order valence-corrected chi connectivity index (χ2v) is 5.29. The zero-order chi connectivity index (χ0) is 15.6. The minimum Gasteiger partial charge on any atom is -0.292 e. The van der Waals surface area contributed by atoms with Gasteiger partial charge in [-0.2, -0.15) is 10.4 Å². The molecule has 0 aliphatic rings. The quantitative estimate of drug-likeness (QED) is 0.809. The molecule has 4 nitrogen and oxygen atoms in total. The number of aryl methyl sites for hydroxylation is 4. The van der Waals surface area contributed by atoms with Gasteiger partial charge in [0.05, 0.1) is 17.3 Å². The number of nitrogens with zero attached hydrogens (tertiary/aromatic N) is 3. The van der Waals surface area contributed by atoms with Gasteiger partial charge in [-0.25, -0.2) is 0 Å². The summed E-state index contributed by atoms with van der Waals surface area (Å²) in [5, 5.41) is 13.7. The average molecular weight is 281 g/mol. The van der Waals surface area contributed by atoms with Crippen LogP contribution in [0, 0.1) is 25.2 Å². The van der Waals surface area contributed by atoms with E-state index in [2.05, 4.69) is 11.2 Å². The summed E-state index contributed by atoms with van der Waals surface area (Å²) < 4.78 is 1.63. The van der Waals surface area contributed by atoms with Crippen LogP contribution >= 0.6 is 0 Å². The van der Waals surface area contributed by atoms with E-state index in [0.29, 0.717) is 12.0 Å². The van der Waals surface area contributed by atoms with Gasteiger partial charge in [0, 0.05) is 13.2 Å². The molecule has 0 bridgehead atoms. The summed E-state index contributed by atoms with van der Waals surface area (Å²) in [6, 6.07) is 7.86. The molecule has 0 N–H and O–H groups in total. The van der Waals surface area contributed by atoms with Gasteiger partial charge < -0.3 is 0 Å². The molecule has 21 heavy (non-hydrogen) atoms. The predicted octanol–water partition coefficient (Wildman–Crippen LogP) is 3.09. The van der Waals surface area contributed by atoms with Crippen molar-refractivity contribution in [1.82, 2.24) is 9.78 Å². The van der Waals surface area contributed by atoms with E-state index >= 15 is 0 Å². The second kappa shape index (κ2) is 5.92. The predicted molar refractivity (Wildman–Crippen MR) is 81.2 cm³/mol. The molecule has 0 saturated heterocycles. The van der Waals surface area contributed by atoms with Gasteiger partial charge in [0.2, 0.25) is 0 Å². The second-order valence-electron chi connectivity index (χ2n) is 5.29. The summed E-state index contributed by atoms with van der Waals surface area (Å²) in [5.41, 5.74) is 4.27. The van der Waals surface area contributed by atoms with E-state index < -0.39 is 5.92 Å². The third-order valence-electron chi connectivity index (χ3n) is 3.76. The van der Waals surface area contributed by atoms with Gasteiger partial charge in [-0.05, 0) is 37.0 Å². The molecule has 2 rings (SSSR count). The maximum Gasteiger partial charge on any atom is 0.187 e. The lowest BCUT2D eigenvalue weighted by Gasteiger charge is -2.10. The van der Waals surface area contributed by atoms with Crippen LogP contribution in [0.25, 0.3) is 0 Å². The van der Waals surface area contributed by atoms with Crippen LogP contribution in [-0.4, -0.2) is 15.6 Å². The van der Waals surface area contributed by atoms with Gasteiger partial charge in [-0.15, -0.1) is 0 Å². The summed E-state index contributed by atoms with van der Waals surface area (Å²) >= 11 is 0. The first kappa shape index (κ1) is 15.0. The van der Waals surface area contributed by atoms with E-state index in [1.54, 1.807) is 17.9 Å². The minimum absolute atomic E-state index is 0.175. The number of nitriles is 1. The van der Waals surface area contributed by atoms with Crippen LogP contribution in [0.3, 0.4) is 0 Å². The zero-order valence-electron chi connectivity index (χ0n) is 12.8. The number of ketones is 1. The molecule has 108 valence electrons. The molecule has 0 aliphatic heterocycles. The van der Waals surface area contributed by atoms with Gasteiger partial charge in [-0.1, -0.05) is 25.1 Å². The monoisotopic (exact) mass is 281 g/mol. The highest BCUT2D eigenvalue weighted by atomic mass is 16.1. The van der Waals surface area contributed by atoms with Gasteiger partial charge in [0.25, 0.3) is 0 Å². The Morgan fingerprint density at radius 2 is 2.10 bits per heavy atom. The van der Waals surface area contributed by atoms with Crippen molar-refractivity contribution in [3.05, 3.63) is 52.3 Å². The maximum atomic E-state index is 12.7. The summed E-state index contributed by atoms with van der Waals surface area (Å²) in [6.07, 6.45) is 2.37. The third kappa shape index (κ3) is 2.87. The normalized spacial score (nSPS) is 12.0. The lowest BCUT2D eigenvalue weighted by atomic mass is 9.90. The number of hydrogen-bond donors (Lipinski definition) is 0. The third-order valence-corrected chi connectivity index (χ3v) is 3.76. The molecule has 0 spiro atoms. The topological polar surface area (TPSA) is 58.7 Å². The fourth-order valence-corrected chi connectivity index (χ4v) is 2.39. The number of rotatable bonds is 4. The Morgan fingerprint density at radius 3 is 2.67 bits per heavy atom. The fraction of sp³-hybridized carbons (Fsp3) is 0.353. The highest BCUT2D eigenvalue weighted by Gasteiger charge is 2.25. The van der Waals surface area contributed by atoms with Crippen LogP contribution in [0.1, 0.15) is 45.6 Å². The Balaban J connectivity index is 2.43. The Hall–Kier alpha value is -2.41. The summed E-state index contributed by atoms with van der Waals surface area (Å²) in [6.45, 7) is 5.95. The average Bonchev–Trinajstić information content (AvgIpc) is 2.84. The van der Waals surface area contributed by atoms with Crippen LogP contribution in [0.2, 0.25) is 0 Å². The van der Waals surface area contributed by atoms with Crippen molar-refractivity contribution in [3.8, 4) is 6.07 Å². The van der Waals surface area contributed by atoms with Crippen LogP contribution in [0.15, 0.2) is 24.4 Å². The Bertz CT molecular complexity index is 722. The Kier molecular flexibility index (Phi) is 4.23. The van der Waals surface area contributed by atoms with Crippen LogP contribution < -0.4 is 0 Å². The van der Waals surface area contributed by atoms with E-state index in [1.165, 1.54) is 0 Å². The number of carbonyl (C=O) groups is 1. The number of Topliss-reactive ketones (excluding diaryl/α,β-unsaturated/α-hetero) is 1. The molecule has 1 atom stereocenters. The molecular weight excluding hydrogens is 262 g/mol. The molecule has 4 heteroatoms. The molecule has 1 aromatic carbocycles. The van der Waals surface area contributed by atoms with E-state index in [0.717, 1.165) is 22.4 Å². The van der Waals surface area contributed by atoms with Crippen molar-refractivity contribution in [1.29, 1.82) is 5.26 Å². The zero-order valence-corrected chi connectivity index (χ0v) is 12.8. The lowest BCUT2D eigenvalue weighted by Crippen LogP contribution is -2.12. The molecule has 0 radical (unpaired) electrons. The Labute approximate surface area is 125 Å². The molecule has 2 aromatic rings. The standard InChI is InChI=1S/C17H19N3O/c1-5-16-15(10-20(4)19-16)17(21)14(9-18)13-7-6-11(2)12(3)8-13/h6-8,10,14H,5H2,1-4H3. The SMILES string of the molecule is CCc1nn(C)cc1C(=O)C(C#N)c1ccc(C)c(C)c1. The van der Waals surface area contributed by atoms with Gasteiger partial charge in [-0.3, -0.25) is 9.48 Å². The highest BCUT2D eigenvalue weighted by Crippen LogP contribution is 2.24. The van der Waals surface area contributed by atoms with Gasteiger partial charge in [0.1, 0.15) is 5.92 Å². The first-order valence-electron chi connectivity index (χ1n) is 7.01. The van der Waals surface area contributed by atoms with Crippen molar-refractivity contribution in [2.75, 3.05) is 0 Å². The van der Waals surface area contributed by atoms with E-state index in [9.17, 15) is 10.1 Å². The molecule has 0 saturated carbocycles. The molecular formula is C17H19N3O. The largest absolute Gasteiger partial charge is 0.292 e. The van der Waals surface area contributed by atoms with Crippen molar-refractivity contribution >= 4 is 5.78 Å². The Morgan fingerprint density at radius 1 is 1.38 bits per heavy atom. The van der Waals surface area contributed by atoms with Crippen molar-refractivity contribution in [2.24, 2.45) is 7.05 Å². The van der Waals surface area contributed by atoms with Gasteiger partial charge >= 0.3 is 0 Å². The van der Waals surface area contributed by atoms with Crippen molar-refractivity contribution in [3.63, 3.8) is 0 Å². The number of carbonyl (C=O) groups excluding carboxylic acids is 1. The summed E-state index contributed by atoms with van der Waals surface area (Å²) in [7, 11) is 1.79. The fourth-order valence-electron chi connectivity index (χ4n) is 2.39. The smallest absolute Gasteiger partial charge is 0.187 e. The molecule has 1 unspecified atom stereocenters. The number of aromatic nitrogens is 2. The number of hydrogen-bond acceptors (Lipinski definition) is 3. The highest BCUT2D eigenvalue weighted by molar-refractivity contribution is 6.03. The summed E-state index contributed by atoms with van der Waals surface area (Å²) in [4.78, 5) is 12.7. The molecule has 1 heterocycles. The van der Waals surface area contributed by atoms with Crippen molar-refractivity contribution < 1.29 is 4.79 Å². The van der Waals surface area contributed by atoms with Crippen LogP contribution in [-0.2, 0) is 13.5 Å². The molecule has 0 fully saturated rings. The van der Waals surface area contributed by atoms with Crippen LogP contribution in [0.4, 0.5) is 0 Å². The minimum atomic E-state index is -0.779. The van der Waals surface area contributed by atoms with Crippen LogP contribution in [0.5, 0.6) is 0 Å². The van der Waals surface area contributed by atoms with E-state index in [1.807, 2.05) is 39.0 Å². The maximum absolute atomic E-state index is 12.7. The first-order chi connectivity index (χ1) is 9.97. The van der Waals surface area contributed by atoms with E-state index in [4.69, 9.17) is 0 Å².